The van der Waals surface area contributed by atoms with Crippen molar-refractivity contribution in [3.63, 3.8) is 0 Å². The van der Waals surface area contributed by atoms with Gasteiger partial charge >= 0.3 is 6.09 Å². The number of allylic oxidation sites excluding steroid dienone is 1. The van der Waals surface area contributed by atoms with Crippen LogP contribution in [0.4, 0.5) is 4.79 Å². The summed E-state index contributed by atoms with van der Waals surface area (Å²) in [7, 11) is 0. The number of fused-ring (bicyclic) bond motifs is 1. The second-order valence-corrected chi connectivity index (χ2v) is 12.5. The van der Waals surface area contributed by atoms with E-state index in [9.17, 15) is 14.7 Å². The normalized spacial score (nSPS) is 24.4. The molecule has 3 aliphatic heterocycles. The smallest absolute Gasteiger partial charge is 0.407 e. The van der Waals surface area contributed by atoms with E-state index >= 15 is 0 Å². The van der Waals surface area contributed by atoms with Crippen molar-refractivity contribution in [1.82, 2.24) is 14.7 Å². The second-order valence-electron chi connectivity index (χ2n) is 10.6. The number of amides is 2. The molecule has 5 rings (SSSR count). The van der Waals surface area contributed by atoms with Crippen molar-refractivity contribution < 1.29 is 14.7 Å². The monoisotopic (exact) mass is 586 g/mol. The molecule has 0 unspecified atom stereocenters. The summed E-state index contributed by atoms with van der Waals surface area (Å²) in [5.41, 5.74) is 2.38. The standard InChI is InChI=1S/C29H32Cl2N4O3S/c1-5-34(22-14-15-33(16-22)28(37)38)26(36)24-23(17(2)3)35-25(18-6-10-20(30)11-7-18)29(4,32-27(35)39-24)19-8-12-21(31)13-9-19/h6-13,17,22,25H,5,14-16H2,1-4H3,(H,37,38)/t22-,25+,29-/m0/s1. The molecule has 0 aliphatic carbocycles. The molecule has 7 nitrogen and oxygen atoms in total. The predicted molar refractivity (Wildman–Crippen MR) is 157 cm³/mol. The topological polar surface area (TPSA) is 76.5 Å². The average molecular weight is 588 g/mol. The number of nitrogens with zero attached hydrogens (tertiary/aromatic N) is 4. The van der Waals surface area contributed by atoms with Gasteiger partial charge in [0.1, 0.15) is 10.4 Å². The molecule has 3 aliphatic rings. The highest BCUT2D eigenvalue weighted by Gasteiger charge is 2.53. The Morgan fingerprint density at radius 3 is 2.28 bits per heavy atom. The first-order valence-electron chi connectivity index (χ1n) is 13.2. The molecule has 2 aromatic rings. The molecule has 10 heteroatoms. The van der Waals surface area contributed by atoms with Gasteiger partial charge < -0.3 is 19.8 Å². The molecule has 0 bridgehead atoms. The van der Waals surface area contributed by atoms with Gasteiger partial charge in [-0.1, -0.05) is 61.3 Å². The third-order valence-corrected chi connectivity index (χ3v) is 9.40. The van der Waals surface area contributed by atoms with Crippen LogP contribution in [0.15, 0.2) is 64.1 Å². The van der Waals surface area contributed by atoms with Crippen molar-refractivity contribution in [2.24, 2.45) is 10.9 Å². The Hall–Kier alpha value is -2.68. The van der Waals surface area contributed by atoms with Gasteiger partial charge in [-0.05, 0) is 73.3 Å². The van der Waals surface area contributed by atoms with Gasteiger partial charge in [-0.25, -0.2) is 9.79 Å². The third kappa shape index (κ3) is 4.92. The second kappa shape index (κ2) is 10.7. The van der Waals surface area contributed by atoms with Gasteiger partial charge in [-0.3, -0.25) is 4.79 Å². The largest absolute Gasteiger partial charge is 0.465 e. The summed E-state index contributed by atoms with van der Waals surface area (Å²) in [6, 6.07) is 15.3. The number of amidine groups is 1. The summed E-state index contributed by atoms with van der Waals surface area (Å²) in [6.07, 6.45) is -0.311. The van der Waals surface area contributed by atoms with Gasteiger partial charge in [0.2, 0.25) is 0 Å². The van der Waals surface area contributed by atoms with E-state index in [4.69, 9.17) is 28.2 Å². The van der Waals surface area contributed by atoms with Crippen LogP contribution in [0.2, 0.25) is 10.0 Å². The average Bonchev–Trinajstić information content (AvgIpc) is 3.58. The van der Waals surface area contributed by atoms with E-state index in [0.717, 1.165) is 22.0 Å². The van der Waals surface area contributed by atoms with Crippen LogP contribution in [0.3, 0.4) is 0 Å². The van der Waals surface area contributed by atoms with E-state index in [2.05, 4.69) is 25.7 Å². The lowest BCUT2D eigenvalue weighted by Crippen LogP contribution is -2.43. The van der Waals surface area contributed by atoms with Crippen molar-refractivity contribution in [1.29, 1.82) is 0 Å². The lowest BCUT2D eigenvalue weighted by atomic mass is 9.81. The Kier molecular flexibility index (Phi) is 7.65. The minimum absolute atomic E-state index is 0.0457. The molecule has 1 N–H and O–H groups in total. The van der Waals surface area contributed by atoms with Gasteiger partial charge in [-0.2, -0.15) is 0 Å². The Morgan fingerprint density at radius 1 is 1.13 bits per heavy atom. The summed E-state index contributed by atoms with van der Waals surface area (Å²) >= 11 is 13.9. The van der Waals surface area contributed by atoms with E-state index in [0.29, 0.717) is 41.0 Å². The lowest BCUT2D eigenvalue weighted by molar-refractivity contribution is -0.128. The number of likely N-dealkylation sites (N-methyl/N-ethyl adjacent to an activating group) is 1. The zero-order valence-electron chi connectivity index (χ0n) is 22.4. The van der Waals surface area contributed by atoms with E-state index < -0.39 is 11.6 Å². The zero-order valence-corrected chi connectivity index (χ0v) is 24.7. The number of carbonyl (C=O) groups is 2. The van der Waals surface area contributed by atoms with Crippen LogP contribution >= 0.6 is 35.0 Å². The minimum Gasteiger partial charge on any atom is -0.465 e. The highest BCUT2D eigenvalue weighted by Crippen LogP contribution is 2.56. The Labute approximate surface area is 243 Å². The molecule has 0 spiro atoms. The highest BCUT2D eigenvalue weighted by molar-refractivity contribution is 8.18. The number of likely N-dealkylation sites (tertiary alicyclic amines) is 1. The van der Waals surface area contributed by atoms with Crippen LogP contribution in [0, 0.1) is 5.92 Å². The van der Waals surface area contributed by atoms with Crippen LogP contribution in [-0.4, -0.2) is 62.7 Å². The highest BCUT2D eigenvalue weighted by atomic mass is 35.5. The van der Waals surface area contributed by atoms with Gasteiger partial charge in [0.25, 0.3) is 5.91 Å². The van der Waals surface area contributed by atoms with Crippen LogP contribution in [0.25, 0.3) is 0 Å². The molecule has 3 atom stereocenters. The van der Waals surface area contributed by atoms with E-state index in [1.54, 1.807) is 0 Å². The van der Waals surface area contributed by atoms with Crippen molar-refractivity contribution in [2.75, 3.05) is 19.6 Å². The SMILES string of the molecule is CCN(C(=O)C1=C(C(C)C)N2C(=N[C@@](C)(c3ccc(Cl)cc3)[C@H]2c2ccc(Cl)cc2)S1)[C@H]1CCN(C(=O)O)C1. The number of rotatable bonds is 6. The molecule has 39 heavy (non-hydrogen) atoms. The molecule has 3 heterocycles. The van der Waals surface area contributed by atoms with Gasteiger partial charge in [0.05, 0.1) is 12.1 Å². The van der Waals surface area contributed by atoms with E-state index in [-0.39, 0.29) is 23.9 Å². The fourth-order valence-electron chi connectivity index (χ4n) is 5.93. The van der Waals surface area contributed by atoms with Crippen LogP contribution in [-0.2, 0) is 10.3 Å². The van der Waals surface area contributed by atoms with Crippen LogP contribution in [0.5, 0.6) is 0 Å². The van der Waals surface area contributed by atoms with Crippen molar-refractivity contribution in [3.8, 4) is 0 Å². The van der Waals surface area contributed by atoms with Crippen molar-refractivity contribution in [3.05, 3.63) is 80.3 Å². The van der Waals surface area contributed by atoms with Crippen LogP contribution in [0.1, 0.15) is 51.3 Å². The van der Waals surface area contributed by atoms with Gasteiger partial charge in [0.15, 0.2) is 5.17 Å². The summed E-state index contributed by atoms with van der Waals surface area (Å²) in [6.45, 7) is 9.53. The summed E-state index contributed by atoms with van der Waals surface area (Å²) < 4.78 is 0. The maximum atomic E-state index is 14.1. The number of hydrogen-bond acceptors (Lipinski definition) is 5. The Morgan fingerprint density at radius 2 is 1.74 bits per heavy atom. The number of thioether (sulfide) groups is 1. The number of carbonyl (C=O) groups excluding carboxylic acids is 1. The molecule has 2 amide bonds. The molecule has 206 valence electrons. The lowest BCUT2D eigenvalue weighted by Gasteiger charge is -2.37. The van der Waals surface area contributed by atoms with Gasteiger partial charge in [-0.15, -0.1) is 0 Å². The maximum Gasteiger partial charge on any atom is 0.407 e. The fourth-order valence-corrected chi connectivity index (χ4v) is 7.55. The molecular formula is C29H32Cl2N4O3S. The first-order chi connectivity index (χ1) is 18.5. The first-order valence-corrected chi connectivity index (χ1v) is 14.7. The summed E-state index contributed by atoms with van der Waals surface area (Å²) in [5.74, 6) is -0.0205. The van der Waals surface area contributed by atoms with E-state index in [1.165, 1.54) is 16.7 Å². The number of carboxylic acid groups (broad SMARTS) is 1. The Bertz CT molecular complexity index is 1350. The number of aliphatic imine (C=N–C) groups is 1. The molecule has 1 fully saturated rings. The number of hydrogen-bond donors (Lipinski definition) is 1. The predicted octanol–water partition coefficient (Wildman–Crippen LogP) is 6.84. The molecule has 0 radical (unpaired) electrons. The first kappa shape index (κ1) is 27.9. The number of halogens is 2. The molecule has 0 aromatic heterocycles. The van der Waals surface area contributed by atoms with Crippen molar-refractivity contribution in [2.45, 2.75) is 51.7 Å². The summed E-state index contributed by atoms with van der Waals surface area (Å²) in [5, 5.41) is 11.5. The molecule has 1 saturated heterocycles. The molecular weight excluding hydrogens is 555 g/mol. The fraction of sp³-hybridized carbons (Fsp3) is 0.414. The summed E-state index contributed by atoms with van der Waals surface area (Å²) in [4.78, 5) is 37.0. The van der Waals surface area contributed by atoms with Crippen LogP contribution < -0.4 is 0 Å². The maximum absolute atomic E-state index is 14.1. The van der Waals surface area contributed by atoms with E-state index in [1.807, 2.05) is 60.4 Å². The molecule has 2 aromatic carbocycles. The minimum atomic E-state index is -0.944. The zero-order chi connectivity index (χ0) is 28.1. The quantitative estimate of drug-likeness (QED) is 0.401. The molecule has 0 saturated carbocycles. The Balaban J connectivity index is 1.58. The number of benzene rings is 2. The van der Waals surface area contributed by atoms with Gasteiger partial charge in [0, 0.05) is 35.4 Å². The van der Waals surface area contributed by atoms with Crippen molar-refractivity contribution >= 4 is 52.1 Å². The third-order valence-electron chi connectivity index (χ3n) is 7.84.